The predicted octanol–water partition coefficient (Wildman–Crippen LogP) is 4.58. The van der Waals surface area contributed by atoms with Gasteiger partial charge in [-0.25, -0.2) is 4.39 Å². The van der Waals surface area contributed by atoms with Gasteiger partial charge in [-0.1, -0.05) is 54.2 Å². The summed E-state index contributed by atoms with van der Waals surface area (Å²) in [6, 6.07) is 6.78. The van der Waals surface area contributed by atoms with E-state index in [0.29, 0.717) is 22.8 Å². The third-order valence-electron chi connectivity index (χ3n) is 7.70. The van der Waals surface area contributed by atoms with Gasteiger partial charge in [0.15, 0.2) is 0 Å². The Labute approximate surface area is 206 Å². The van der Waals surface area contributed by atoms with Crippen LogP contribution in [0.1, 0.15) is 42.7 Å². The summed E-state index contributed by atoms with van der Waals surface area (Å²) >= 11 is 12.3. The van der Waals surface area contributed by atoms with Crippen LogP contribution < -0.4 is 5.32 Å². The first-order chi connectivity index (χ1) is 16.3. The molecule has 2 N–H and O–H groups in total. The number of amides is 1. The molecule has 2 aromatic carbocycles. The molecule has 1 amide bonds. The molecule has 2 aromatic rings. The van der Waals surface area contributed by atoms with Crippen LogP contribution in [0.15, 0.2) is 36.4 Å². The van der Waals surface area contributed by atoms with Gasteiger partial charge >= 0.3 is 0 Å². The van der Waals surface area contributed by atoms with Crippen molar-refractivity contribution in [1.29, 1.82) is 0 Å². The molecule has 10 heteroatoms. The van der Waals surface area contributed by atoms with Gasteiger partial charge in [0.05, 0.1) is 17.5 Å². The van der Waals surface area contributed by atoms with Gasteiger partial charge in [0, 0.05) is 33.3 Å². The van der Waals surface area contributed by atoms with Crippen LogP contribution in [0.2, 0.25) is 10.0 Å². The van der Waals surface area contributed by atoms with Crippen molar-refractivity contribution in [3.05, 3.63) is 73.5 Å². The lowest BCUT2D eigenvalue weighted by molar-refractivity contribution is -0.528. The van der Waals surface area contributed by atoms with E-state index in [2.05, 4.69) is 5.32 Å². The molecule has 7 nitrogen and oxygen atoms in total. The predicted molar refractivity (Wildman–Crippen MR) is 126 cm³/mol. The largest absolute Gasteiger partial charge is 0.394 e. The molecule has 4 atom stereocenters. The van der Waals surface area contributed by atoms with Crippen LogP contribution in [0.5, 0.6) is 0 Å². The molecule has 0 unspecified atom stereocenters. The first-order valence-electron chi connectivity index (χ1n) is 11.4. The summed E-state index contributed by atoms with van der Waals surface area (Å²) in [7, 11) is 0. The number of carbonyl (C=O) groups is 1. The Hall–Kier alpha value is -2.26. The Morgan fingerprint density at radius 3 is 2.65 bits per heavy atom. The first kappa shape index (κ1) is 23.5. The SMILES string of the molecule is O=C1Nc2cc(Cl)ccc2[C@@]12[C@@H](c1cccc(Cl)c1F)[C@H]([N+](=O)[O-])[C@H](CO)N2CC1CCCC1. The van der Waals surface area contributed by atoms with Gasteiger partial charge < -0.3 is 10.4 Å². The third-order valence-corrected chi connectivity index (χ3v) is 8.23. The molecule has 1 aliphatic carbocycles. The van der Waals surface area contributed by atoms with Gasteiger partial charge in [-0.05, 0) is 37.0 Å². The van der Waals surface area contributed by atoms with Gasteiger partial charge in [0.2, 0.25) is 6.04 Å². The van der Waals surface area contributed by atoms with Gasteiger partial charge in [0.25, 0.3) is 5.91 Å². The van der Waals surface area contributed by atoms with Crippen LogP contribution in [0, 0.1) is 21.8 Å². The number of hydrogen-bond donors (Lipinski definition) is 2. The van der Waals surface area contributed by atoms with Crippen LogP contribution >= 0.6 is 23.2 Å². The van der Waals surface area contributed by atoms with Crippen LogP contribution in [0.25, 0.3) is 0 Å². The van der Waals surface area contributed by atoms with E-state index >= 15 is 4.39 Å². The van der Waals surface area contributed by atoms with Crippen molar-refractivity contribution in [2.75, 3.05) is 18.5 Å². The molecule has 180 valence electrons. The number of benzene rings is 2. The summed E-state index contributed by atoms with van der Waals surface area (Å²) in [6.07, 6.45) is 3.94. The van der Waals surface area contributed by atoms with Crippen molar-refractivity contribution in [2.45, 2.75) is 49.2 Å². The summed E-state index contributed by atoms with van der Waals surface area (Å²) < 4.78 is 15.5. The van der Waals surface area contributed by atoms with E-state index in [9.17, 15) is 20.0 Å². The standard InChI is InChI=1S/C24H24Cl2FN3O4/c25-14-8-9-16-18(10-14)28-23(32)24(16)20(15-6-3-7-17(26)21(15)27)22(30(33)34)19(12-31)29(24)11-13-4-1-2-5-13/h3,6-10,13,19-20,22,31H,1-2,4-5,11-12H2,(H,28,32)/t19-,20-,22+,24+/m0/s1. The van der Waals surface area contributed by atoms with E-state index in [-0.39, 0.29) is 16.5 Å². The fourth-order valence-corrected chi connectivity index (χ4v) is 6.72. The minimum atomic E-state index is -1.60. The smallest absolute Gasteiger partial charge is 0.250 e. The van der Waals surface area contributed by atoms with Crippen molar-refractivity contribution in [3.63, 3.8) is 0 Å². The molecule has 2 fully saturated rings. The maximum atomic E-state index is 15.5. The Bertz CT molecular complexity index is 1160. The van der Waals surface area contributed by atoms with Crippen LogP contribution in [0.4, 0.5) is 10.1 Å². The van der Waals surface area contributed by atoms with Crippen molar-refractivity contribution in [3.8, 4) is 0 Å². The van der Waals surface area contributed by atoms with Gasteiger partial charge in [-0.3, -0.25) is 19.8 Å². The zero-order valence-corrected chi connectivity index (χ0v) is 19.7. The van der Waals surface area contributed by atoms with Crippen molar-refractivity contribution >= 4 is 34.8 Å². The lowest BCUT2D eigenvalue weighted by Gasteiger charge is -2.39. The second kappa shape index (κ2) is 8.75. The molecule has 3 aliphatic rings. The summed E-state index contributed by atoms with van der Waals surface area (Å²) in [5, 5.41) is 26.0. The molecule has 5 rings (SSSR count). The zero-order valence-electron chi connectivity index (χ0n) is 18.2. The Balaban J connectivity index is 1.81. The fraction of sp³-hybridized carbons (Fsp3) is 0.458. The number of likely N-dealkylation sites (tertiary alicyclic amines) is 1. The van der Waals surface area contributed by atoms with E-state index in [1.165, 1.54) is 18.2 Å². The zero-order chi connectivity index (χ0) is 24.2. The highest BCUT2D eigenvalue weighted by molar-refractivity contribution is 6.31. The molecular weight excluding hydrogens is 484 g/mol. The second-order valence-electron chi connectivity index (χ2n) is 9.36. The second-order valence-corrected chi connectivity index (χ2v) is 10.2. The van der Waals surface area contributed by atoms with Crippen LogP contribution in [-0.4, -0.2) is 46.1 Å². The van der Waals surface area contributed by atoms with E-state index in [1.807, 2.05) is 0 Å². The quantitative estimate of drug-likeness (QED) is 0.456. The summed E-state index contributed by atoms with van der Waals surface area (Å²) in [5.74, 6) is -2.29. The molecule has 0 bridgehead atoms. The minimum Gasteiger partial charge on any atom is -0.394 e. The number of fused-ring (bicyclic) bond motifs is 2. The molecule has 1 saturated carbocycles. The average Bonchev–Trinajstić information content (AvgIpc) is 3.48. The number of aliphatic hydroxyl groups excluding tert-OH is 1. The van der Waals surface area contributed by atoms with E-state index < -0.39 is 46.8 Å². The number of rotatable bonds is 5. The number of nitrogens with zero attached hydrogens (tertiary/aromatic N) is 2. The Kier molecular flexibility index (Phi) is 6.04. The number of nitro groups is 1. The fourth-order valence-electron chi connectivity index (χ4n) is 6.37. The van der Waals surface area contributed by atoms with E-state index in [1.54, 1.807) is 23.1 Å². The third kappa shape index (κ3) is 3.34. The maximum absolute atomic E-state index is 15.5. The van der Waals surface area contributed by atoms with Crippen LogP contribution in [-0.2, 0) is 10.3 Å². The molecule has 2 aliphatic heterocycles. The summed E-state index contributed by atoms with van der Waals surface area (Å²) in [6.45, 7) is -0.168. The van der Waals surface area contributed by atoms with Gasteiger partial charge in [-0.2, -0.15) is 0 Å². The number of carbonyl (C=O) groups excluding carboxylic acids is 1. The van der Waals surface area contributed by atoms with E-state index in [0.717, 1.165) is 25.7 Å². The van der Waals surface area contributed by atoms with Crippen molar-refractivity contribution in [2.24, 2.45) is 5.92 Å². The monoisotopic (exact) mass is 507 g/mol. The Morgan fingerprint density at radius 1 is 1.24 bits per heavy atom. The molecule has 1 saturated heterocycles. The topological polar surface area (TPSA) is 95.7 Å². The highest BCUT2D eigenvalue weighted by Gasteiger charge is 2.71. The first-order valence-corrected chi connectivity index (χ1v) is 12.1. The summed E-state index contributed by atoms with van der Waals surface area (Å²) in [4.78, 5) is 27.7. The highest BCUT2D eigenvalue weighted by Crippen LogP contribution is 2.58. The minimum absolute atomic E-state index is 0.0143. The molecule has 2 heterocycles. The number of anilines is 1. The highest BCUT2D eigenvalue weighted by atomic mass is 35.5. The normalized spacial score (nSPS) is 29.1. The maximum Gasteiger partial charge on any atom is 0.250 e. The molecular formula is C24H24Cl2FN3O4. The molecule has 0 radical (unpaired) electrons. The number of nitrogens with one attached hydrogen (secondary N) is 1. The molecule has 1 spiro atoms. The average molecular weight is 508 g/mol. The molecule has 0 aromatic heterocycles. The van der Waals surface area contributed by atoms with Crippen molar-refractivity contribution < 1.29 is 19.2 Å². The van der Waals surface area contributed by atoms with Gasteiger partial charge in [0.1, 0.15) is 17.4 Å². The summed E-state index contributed by atoms with van der Waals surface area (Å²) in [5.41, 5.74) is -0.687. The number of aliphatic hydroxyl groups is 1. The number of halogens is 3. The van der Waals surface area contributed by atoms with Gasteiger partial charge in [-0.15, -0.1) is 0 Å². The van der Waals surface area contributed by atoms with Crippen molar-refractivity contribution in [1.82, 2.24) is 4.90 Å². The van der Waals surface area contributed by atoms with Crippen LogP contribution in [0.3, 0.4) is 0 Å². The molecule has 34 heavy (non-hydrogen) atoms. The Morgan fingerprint density at radius 2 is 1.97 bits per heavy atom. The van der Waals surface area contributed by atoms with E-state index in [4.69, 9.17) is 23.2 Å². The lowest BCUT2D eigenvalue weighted by Crippen LogP contribution is -2.54. The number of hydrogen-bond acceptors (Lipinski definition) is 5. The lowest BCUT2D eigenvalue weighted by atomic mass is 9.73.